The predicted octanol–water partition coefficient (Wildman–Crippen LogP) is 3.93. The topological polar surface area (TPSA) is 46.3 Å². The fourth-order valence-electron chi connectivity index (χ4n) is 1.84. The molecule has 0 saturated carbocycles. The number of nitrogens with two attached hydrogens (primary N) is 1. The maximum Gasteiger partial charge on any atom is 0.254 e. The van der Waals surface area contributed by atoms with Crippen molar-refractivity contribution in [2.75, 3.05) is 12.8 Å². The third kappa shape index (κ3) is 3.16. The van der Waals surface area contributed by atoms with Crippen LogP contribution in [0.4, 0.5) is 5.69 Å². The first-order valence-electron chi connectivity index (χ1n) is 5.85. The number of benzene rings is 1. The lowest BCUT2D eigenvalue weighted by Crippen LogP contribution is -2.29. The van der Waals surface area contributed by atoms with Gasteiger partial charge in [-0.2, -0.15) is 0 Å². The molecular formula is C14H15BrN2OS. The molecule has 0 spiro atoms. The van der Waals surface area contributed by atoms with Crippen LogP contribution in [0.1, 0.15) is 28.2 Å². The van der Waals surface area contributed by atoms with Crippen molar-refractivity contribution in [1.29, 1.82) is 0 Å². The second-order valence-corrected chi connectivity index (χ2v) is 6.28. The number of hydrogen-bond acceptors (Lipinski definition) is 3. The summed E-state index contributed by atoms with van der Waals surface area (Å²) in [7, 11) is 1.81. The summed E-state index contributed by atoms with van der Waals surface area (Å²) in [5.74, 6) is -0.0334. The van der Waals surface area contributed by atoms with Crippen LogP contribution in [0.2, 0.25) is 0 Å². The van der Waals surface area contributed by atoms with Crippen molar-refractivity contribution in [3.63, 3.8) is 0 Å². The third-order valence-corrected chi connectivity index (χ3v) is 4.52. The summed E-state index contributed by atoms with van der Waals surface area (Å²) in [4.78, 5) is 15.3. The van der Waals surface area contributed by atoms with E-state index < -0.39 is 0 Å². The Kier molecular flexibility index (Phi) is 4.27. The Morgan fingerprint density at radius 1 is 1.42 bits per heavy atom. The lowest BCUT2D eigenvalue weighted by atomic mass is 10.1. The Morgan fingerprint density at radius 3 is 2.74 bits per heavy atom. The van der Waals surface area contributed by atoms with Crippen molar-refractivity contribution in [3.8, 4) is 0 Å². The minimum atomic E-state index is -0.0334. The summed E-state index contributed by atoms with van der Waals surface area (Å²) < 4.78 is 0.813. The minimum absolute atomic E-state index is 0.0334. The second-order valence-electron chi connectivity index (χ2n) is 4.38. The molecule has 2 aromatic rings. The molecule has 1 heterocycles. The Morgan fingerprint density at radius 2 is 2.16 bits per heavy atom. The highest BCUT2D eigenvalue weighted by molar-refractivity contribution is 9.10. The highest BCUT2D eigenvalue weighted by Gasteiger charge is 2.20. The first-order valence-corrected chi connectivity index (χ1v) is 7.53. The summed E-state index contributed by atoms with van der Waals surface area (Å²) in [5, 5.41) is 2.02. The van der Waals surface area contributed by atoms with Crippen LogP contribution in [0.15, 0.2) is 40.2 Å². The zero-order valence-corrected chi connectivity index (χ0v) is 13.2. The molecule has 0 aliphatic rings. The number of thiophene rings is 1. The molecule has 1 unspecified atom stereocenters. The standard InChI is InChI=1S/C14H15BrN2OS/c1-9(13-4-3-5-19-13)17(2)14(18)10-6-11(15)8-12(16)7-10/h3-9H,16H2,1-2H3. The van der Waals surface area contributed by atoms with E-state index in [1.165, 1.54) is 4.88 Å². The summed E-state index contributed by atoms with van der Waals surface area (Å²) in [5.41, 5.74) is 6.94. The molecule has 5 heteroatoms. The molecule has 2 rings (SSSR count). The van der Waals surface area contributed by atoms with Crippen LogP contribution in [-0.4, -0.2) is 17.9 Å². The molecule has 1 aromatic carbocycles. The molecule has 0 aliphatic carbocycles. The van der Waals surface area contributed by atoms with E-state index in [4.69, 9.17) is 5.73 Å². The van der Waals surface area contributed by atoms with Crippen molar-refractivity contribution in [2.24, 2.45) is 0 Å². The minimum Gasteiger partial charge on any atom is -0.399 e. The van der Waals surface area contributed by atoms with Crippen LogP contribution in [-0.2, 0) is 0 Å². The largest absolute Gasteiger partial charge is 0.399 e. The third-order valence-electron chi connectivity index (χ3n) is 3.02. The molecule has 100 valence electrons. The maximum absolute atomic E-state index is 12.4. The number of carbonyl (C=O) groups excluding carboxylic acids is 1. The summed E-state index contributed by atoms with van der Waals surface area (Å²) >= 11 is 5.01. The quantitative estimate of drug-likeness (QED) is 0.862. The van der Waals surface area contributed by atoms with Gasteiger partial charge in [0.2, 0.25) is 0 Å². The molecule has 0 fully saturated rings. The van der Waals surface area contributed by atoms with Gasteiger partial charge in [-0.15, -0.1) is 11.3 Å². The van der Waals surface area contributed by atoms with Crippen LogP contribution < -0.4 is 5.73 Å². The van der Waals surface area contributed by atoms with Gasteiger partial charge in [-0.3, -0.25) is 4.79 Å². The zero-order valence-electron chi connectivity index (χ0n) is 10.8. The first-order chi connectivity index (χ1) is 8.99. The molecule has 0 saturated heterocycles. The summed E-state index contributed by atoms with van der Waals surface area (Å²) in [6.45, 7) is 2.02. The highest BCUT2D eigenvalue weighted by atomic mass is 79.9. The van der Waals surface area contributed by atoms with Gasteiger partial charge in [-0.25, -0.2) is 0 Å². The Balaban J connectivity index is 2.23. The van der Waals surface area contributed by atoms with Crippen molar-refractivity contribution in [2.45, 2.75) is 13.0 Å². The van der Waals surface area contributed by atoms with Crippen molar-refractivity contribution < 1.29 is 4.79 Å². The number of halogens is 1. The molecule has 19 heavy (non-hydrogen) atoms. The van der Waals surface area contributed by atoms with Crippen LogP contribution in [0, 0.1) is 0 Å². The zero-order chi connectivity index (χ0) is 14.0. The average Bonchev–Trinajstić information content (AvgIpc) is 2.88. The predicted molar refractivity (Wildman–Crippen MR) is 83.4 cm³/mol. The molecule has 0 radical (unpaired) electrons. The van der Waals surface area contributed by atoms with E-state index in [9.17, 15) is 4.79 Å². The SMILES string of the molecule is CC(c1cccs1)N(C)C(=O)c1cc(N)cc(Br)c1. The number of hydrogen-bond donors (Lipinski definition) is 1. The molecule has 0 bridgehead atoms. The maximum atomic E-state index is 12.4. The number of nitrogens with zero attached hydrogens (tertiary/aromatic N) is 1. The Bertz CT molecular complexity index is 563. The highest BCUT2D eigenvalue weighted by Crippen LogP contribution is 2.26. The van der Waals surface area contributed by atoms with Gasteiger partial charge in [0.1, 0.15) is 0 Å². The smallest absolute Gasteiger partial charge is 0.254 e. The molecular weight excluding hydrogens is 324 g/mol. The second kappa shape index (κ2) is 5.75. The van der Waals surface area contributed by atoms with E-state index in [1.807, 2.05) is 31.5 Å². The van der Waals surface area contributed by atoms with Gasteiger partial charge in [0.05, 0.1) is 6.04 Å². The van der Waals surface area contributed by atoms with Crippen LogP contribution >= 0.6 is 27.3 Å². The van der Waals surface area contributed by atoms with Gasteiger partial charge < -0.3 is 10.6 Å². The lowest BCUT2D eigenvalue weighted by Gasteiger charge is -2.24. The van der Waals surface area contributed by atoms with Crippen molar-refractivity contribution >= 4 is 38.9 Å². The molecule has 0 aliphatic heterocycles. The molecule has 1 aromatic heterocycles. The molecule has 1 atom stereocenters. The number of anilines is 1. The normalized spacial score (nSPS) is 12.2. The van der Waals surface area contributed by atoms with Gasteiger partial charge in [0.25, 0.3) is 5.91 Å². The van der Waals surface area contributed by atoms with Gasteiger partial charge in [-0.05, 0) is 36.6 Å². The summed E-state index contributed by atoms with van der Waals surface area (Å²) in [6, 6.07) is 9.34. The van der Waals surface area contributed by atoms with E-state index >= 15 is 0 Å². The molecule has 1 amide bonds. The van der Waals surface area contributed by atoms with Crippen LogP contribution in [0.25, 0.3) is 0 Å². The van der Waals surface area contributed by atoms with E-state index in [0.717, 1.165) is 4.47 Å². The van der Waals surface area contributed by atoms with Gasteiger partial charge in [0.15, 0.2) is 0 Å². The van der Waals surface area contributed by atoms with Crippen molar-refractivity contribution in [1.82, 2.24) is 4.90 Å². The van der Waals surface area contributed by atoms with E-state index in [0.29, 0.717) is 11.3 Å². The Labute approximate surface area is 125 Å². The summed E-state index contributed by atoms with van der Waals surface area (Å²) in [6.07, 6.45) is 0. The number of carbonyl (C=O) groups is 1. The van der Waals surface area contributed by atoms with E-state index in [2.05, 4.69) is 15.9 Å². The van der Waals surface area contributed by atoms with Crippen LogP contribution in [0.5, 0.6) is 0 Å². The molecule has 3 nitrogen and oxygen atoms in total. The monoisotopic (exact) mass is 338 g/mol. The van der Waals surface area contributed by atoms with E-state index in [-0.39, 0.29) is 11.9 Å². The Hall–Kier alpha value is -1.33. The number of nitrogen functional groups attached to an aromatic ring is 1. The van der Waals surface area contributed by atoms with Gasteiger partial charge in [-0.1, -0.05) is 22.0 Å². The van der Waals surface area contributed by atoms with Crippen molar-refractivity contribution in [3.05, 3.63) is 50.6 Å². The number of rotatable bonds is 3. The van der Waals surface area contributed by atoms with Crippen LogP contribution in [0.3, 0.4) is 0 Å². The van der Waals surface area contributed by atoms with Gasteiger partial charge in [0, 0.05) is 27.6 Å². The molecule has 2 N–H and O–H groups in total. The van der Waals surface area contributed by atoms with Gasteiger partial charge >= 0.3 is 0 Å². The fourth-order valence-corrected chi connectivity index (χ4v) is 3.17. The average molecular weight is 339 g/mol. The fraction of sp³-hybridized carbons (Fsp3) is 0.214. The van der Waals surface area contributed by atoms with E-state index in [1.54, 1.807) is 34.4 Å². The first kappa shape index (κ1) is 14.1. The number of amides is 1. The lowest BCUT2D eigenvalue weighted by molar-refractivity contribution is 0.0745.